The van der Waals surface area contributed by atoms with Crippen LogP contribution in [-0.4, -0.2) is 44.3 Å². The van der Waals surface area contributed by atoms with E-state index in [0.29, 0.717) is 12.0 Å². The zero-order valence-corrected chi connectivity index (χ0v) is 18.1. The molecule has 0 spiro atoms. The highest BCUT2D eigenvalue weighted by Gasteiger charge is 2.43. The first kappa shape index (κ1) is 19.9. The molecule has 30 heavy (non-hydrogen) atoms. The molecule has 0 amide bonds. The summed E-state index contributed by atoms with van der Waals surface area (Å²) in [6, 6.07) is 17.8. The van der Waals surface area contributed by atoms with Gasteiger partial charge in [-0.2, -0.15) is 0 Å². The Morgan fingerprint density at radius 1 is 1.07 bits per heavy atom. The van der Waals surface area contributed by atoms with Crippen LogP contribution in [0.15, 0.2) is 48.5 Å². The third-order valence-corrected chi connectivity index (χ3v) is 7.42. The van der Waals surface area contributed by atoms with Gasteiger partial charge in [0.25, 0.3) is 0 Å². The van der Waals surface area contributed by atoms with Gasteiger partial charge in [-0.25, -0.2) is 0 Å². The lowest BCUT2D eigenvalue weighted by molar-refractivity contribution is -0.0473. The Balaban J connectivity index is 1.24. The molecule has 4 heteroatoms. The minimum atomic E-state index is 0.214. The number of fused-ring (bicyclic) bond motifs is 3. The average Bonchev–Trinajstić information content (AvgIpc) is 2.83. The van der Waals surface area contributed by atoms with Crippen molar-refractivity contribution in [2.24, 2.45) is 11.8 Å². The van der Waals surface area contributed by atoms with Crippen LogP contribution in [0.2, 0.25) is 0 Å². The highest BCUT2D eigenvalue weighted by atomic mass is 16.5. The standard InChI is InChI=1S/C26H34N2O2/c1-29-21-9-10-24-23(18-21)26-22(8-5-17-30-26)25(27-24)20-12-15-28(16-13-20)14-11-19-6-3-2-4-7-19/h2-4,6-7,9-10,18,20,22,25-27H,5,8,11-17H2,1H3/t22-,25+,26?/m0/s1. The maximum absolute atomic E-state index is 6.33. The number of hydrogen-bond donors (Lipinski definition) is 1. The molecule has 3 atom stereocenters. The highest BCUT2D eigenvalue weighted by Crippen LogP contribution is 2.47. The van der Waals surface area contributed by atoms with Gasteiger partial charge in [0.15, 0.2) is 0 Å². The summed E-state index contributed by atoms with van der Waals surface area (Å²) in [6.07, 6.45) is 6.36. The minimum Gasteiger partial charge on any atom is -0.497 e. The molecular formula is C26H34N2O2. The van der Waals surface area contributed by atoms with Crippen molar-refractivity contribution >= 4 is 5.69 Å². The number of benzene rings is 2. The largest absolute Gasteiger partial charge is 0.497 e. The Morgan fingerprint density at radius 3 is 2.70 bits per heavy atom. The molecule has 3 aliphatic rings. The molecular weight excluding hydrogens is 372 g/mol. The second kappa shape index (κ2) is 8.99. The lowest BCUT2D eigenvalue weighted by atomic mass is 9.73. The first-order chi connectivity index (χ1) is 14.8. The van der Waals surface area contributed by atoms with Crippen LogP contribution in [0.4, 0.5) is 5.69 Å². The SMILES string of the molecule is COc1ccc2c(c1)C1OCCC[C@H]1[C@@H](C1CCN(CCc3ccccc3)CC1)N2. The molecule has 2 fully saturated rings. The predicted molar refractivity (Wildman–Crippen MR) is 121 cm³/mol. The molecule has 2 aromatic rings. The average molecular weight is 407 g/mol. The predicted octanol–water partition coefficient (Wildman–Crippen LogP) is 4.91. The molecule has 3 heterocycles. The number of hydrogen-bond acceptors (Lipinski definition) is 4. The maximum atomic E-state index is 6.33. The molecule has 5 rings (SSSR count). The van der Waals surface area contributed by atoms with Gasteiger partial charge < -0.3 is 19.7 Å². The molecule has 3 aliphatic heterocycles. The van der Waals surface area contributed by atoms with Crippen molar-refractivity contribution < 1.29 is 9.47 Å². The van der Waals surface area contributed by atoms with Crippen molar-refractivity contribution in [2.75, 3.05) is 38.7 Å². The zero-order valence-electron chi connectivity index (χ0n) is 18.1. The van der Waals surface area contributed by atoms with Gasteiger partial charge in [0.05, 0.1) is 13.2 Å². The number of nitrogens with zero attached hydrogens (tertiary/aromatic N) is 1. The Labute approximate surface area is 180 Å². The van der Waals surface area contributed by atoms with Crippen molar-refractivity contribution in [3.8, 4) is 5.75 Å². The van der Waals surface area contributed by atoms with Gasteiger partial charge in [-0.3, -0.25) is 0 Å². The van der Waals surface area contributed by atoms with E-state index >= 15 is 0 Å². The van der Waals surface area contributed by atoms with Crippen LogP contribution in [0.1, 0.15) is 42.9 Å². The highest BCUT2D eigenvalue weighted by molar-refractivity contribution is 5.58. The van der Waals surface area contributed by atoms with E-state index in [9.17, 15) is 0 Å². The summed E-state index contributed by atoms with van der Waals surface area (Å²) >= 11 is 0. The van der Waals surface area contributed by atoms with Crippen LogP contribution >= 0.6 is 0 Å². The quantitative estimate of drug-likeness (QED) is 0.765. The summed E-state index contributed by atoms with van der Waals surface area (Å²) in [5.41, 5.74) is 3.98. The zero-order chi connectivity index (χ0) is 20.3. The fourth-order valence-electron chi connectivity index (χ4n) is 5.75. The van der Waals surface area contributed by atoms with Gasteiger partial charge in [0.2, 0.25) is 0 Å². The van der Waals surface area contributed by atoms with Crippen molar-refractivity contribution in [3.05, 3.63) is 59.7 Å². The van der Waals surface area contributed by atoms with E-state index in [-0.39, 0.29) is 6.10 Å². The maximum Gasteiger partial charge on any atom is 0.119 e. The van der Waals surface area contributed by atoms with Crippen LogP contribution < -0.4 is 10.1 Å². The Kier molecular flexibility index (Phi) is 5.96. The normalized spacial score (nSPS) is 27.0. The van der Waals surface area contributed by atoms with E-state index in [2.05, 4.69) is 58.7 Å². The van der Waals surface area contributed by atoms with Gasteiger partial charge in [-0.15, -0.1) is 0 Å². The number of likely N-dealkylation sites (tertiary alicyclic amines) is 1. The molecule has 0 saturated carbocycles. The second-order valence-corrected chi connectivity index (χ2v) is 9.14. The van der Waals surface area contributed by atoms with E-state index in [1.807, 2.05) is 0 Å². The van der Waals surface area contributed by atoms with E-state index < -0.39 is 0 Å². The van der Waals surface area contributed by atoms with Gasteiger partial charge in [0, 0.05) is 36.4 Å². The topological polar surface area (TPSA) is 33.7 Å². The van der Waals surface area contributed by atoms with Gasteiger partial charge in [-0.1, -0.05) is 30.3 Å². The Morgan fingerprint density at radius 2 is 1.90 bits per heavy atom. The van der Waals surface area contributed by atoms with Crippen LogP contribution in [0, 0.1) is 11.8 Å². The fraction of sp³-hybridized carbons (Fsp3) is 0.538. The third-order valence-electron chi connectivity index (χ3n) is 7.42. The van der Waals surface area contributed by atoms with Crippen molar-refractivity contribution in [1.29, 1.82) is 0 Å². The van der Waals surface area contributed by atoms with Crippen molar-refractivity contribution in [3.63, 3.8) is 0 Å². The lowest BCUT2D eigenvalue weighted by Gasteiger charge is -2.48. The second-order valence-electron chi connectivity index (χ2n) is 9.14. The summed E-state index contributed by atoms with van der Waals surface area (Å²) in [6.45, 7) is 4.47. The smallest absolute Gasteiger partial charge is 0.119 e. The number of nitrogens with one attached hydrogen (secondary N) is 1. The molecule has 0 bridgehead atoms. The van der Waals surface area contributed by atoms with E-state index in [1.165, 1.54) is 62.1 Å². The van der Waals surface area contributed by atoms with E-state index in [1.54, 1.807) is 7.11 Å². The molecule has 0 aliphatic carbocycles. The number of anilines is 1. The van der Waals surface area contributed by atoms with Gasteiger partial charge in [0.1, 0.15) is 5.75 Å². The molecule has 2 aromatic carbocycles. The van der Waals surface area contributed by atoms with Gasteiger partial charge in [-0.05, 0) is 74.9 Å². The number of rotatable bonds is 5. The van der Waals surface area contributed by atoms with Crippen LogP contribution in [-0.2, 0) is 11.2 Å². The summed E-state index contributed by atoms with van der Waals surface area (Å²) in [5.74, 6) is 2.22. The summed E-state index contributed by atoms with van der Waals surface area (Å²) < 4.78 is 11.8. The Bertz CT molecular complexity index is 832. The van der Waals surface area contributed by atoms with Crippen molar-refractivity contribution in [1.82, 2.24) is 4.90 Å². The molecule has 2 saturated heterocycles. The molecule has 4 nitrogen and oxygen atoms in total. The monoisotopic (exact) mass is 406 g/mol. The lowest BCUT2D eigenvalue weighted by Crippen LogP contribution is -2.49. The van der Waals surface area contributed by atoms with Crippen LogP contribution in [0.25, 0.3) is 0 Å². The minimum absolute atomic E-state index is 0.214. The van der Waals surface area contributed by atoms with Crippen LogP contribution in [0.3, 0.4) is 0 Å². The summed E-state index contributed by atoms with van der Waals surface area (Å²) in [5, 5.41) is 3.94. The summed E-state index contributed by atoms with van der Waals surface area (Å²) in [7, 11) is 1.74. The number of piperidine rings is 1. The summed E-state index contributed by atoms with van der Waals surface area (Å²) in [4.78, 5) is 2.65. The molecule has 0 radical (unpaired) electrons. The van der Waals surface area contributed by atoms with Gasteiger partial charge >= 0.3 is 0 Å². The Hall–Kier alpha value is -2.04. The molecule has 1 N–H and O–H groups in total. The fourth-order valence-corrected chi connectivity index (χ4v) is 5.75. The third kappa shape index (κ3) is 4.08. The molecule has 0 aromatic heterocycles. The van der Waals surface area contributed by atoms with Crippen LogP contribution in [0.5, 0.6) is 5.75 Å². The van der Waals surface area contributed by atoms with Crippen molar-refractivity contribution in [2.45, 2.75) is 44.2 Å². The van der Waals surface area contributed by atoms with E-state index in [0.717, 1.165) is 24.7 Å². The first-order valence-corrected chi connectivity index (χ1v) is 11.6. The van der Waals surface area contributed by atoms with E-state index in [4.69, 9.17) is 9.47 Å². The first-order valence-electron chi connectivity index (χ1n) is 11.6. The number of ether oxygens (including phenoxy) is 2. The number of methoxy groups -OCH3 is 1. The molecule has 1 unspecified atom stereocenters. The molecule has 160 valence electrons.